The first-order valence-electron chi connectivity index (χ1n) is 10.1. The van der Waals surface area contributed by atoms with Gasteiger partial charge in [-0.1, -0.05) is 36.4 Å². The Balaban J connectivity index is 1.50. The van der Waals surface area contributed by atoms with Crippen LogP contribution in [-0.4, -0.2) is 31.3 Å². The molecule has 0 unspecified atom stereocenters. The molecule has 2 aliphatic rings. The molecule has 2 fully saturated rings. The maximum absolute atomic E-state index is 12.8. The van der Waals surface area contributed by atoms with Gasteiger partial charge in [0.15, 0.2) is 0 Å². The molecule has 0 atom stereocenters. The molecule has 1 N–H and O–H groups in total. The molecule has 1 saturated carbocycles. The topological polar surface area (TPSA) is 56.8 Å². The Hall–Kier alpha value is -2.31. The van der Waals surface area contributed by atoms with E-state index in [1.807, 2.05) is 52.0 Å². The molecule has 152 valence electrons. The minimum Gasteiger partial charge on any atom is -0.496 e. The maximum atomic E-state index is 12.8. The van der Waals surface area contributed by atoms with Crippen molar-refractivity contribution >= 4 is 18.5 Å². The van der Waals surface area contributed by atoms with Crippen LogP contribution in [0.4, 0.5) is 0 Å². The van der Waals surface area contributed by atoms with E-state index < -0.39 is 0 Å². The van der Waals surface area contributed by atoms with E-state index in [1.54, 1.807) is 19.2 Å². The van der Waals surface area contributed by atoms with Crippen LogP contribution in [0.25, 0.3) is 0 Å². The molecule has 1 heterocycles. The Bertz CT molecular complexity index is 903. The van der Waals surface area contributed by atoms with Gasteiger partial charge in [-0.25, -0.2) is 0 Å². The highest BCUT2D eigenvalue weighted by Crippen LogP contribution is 2.46. The molecule has 0 spiro atoms. The van der Waals surface area contributed by atoms with Crippen molar-refractivity contribution in [2.75, 3.05) is 7.11 Å². The number of hydrogen-bond donors (Lipinski definition) is 1. The van der Waals surface area contributed by atoms with E-state index in [0.29, 0.717) is 11.3 Å². The molecule has 1 aliphatic heterocycles. The average Bonchev–Trinajstić information content (AvgIpc) is 3.43. The van der Waals surface area contributed by atoms with Crippen LogP contribution in [0.2, 0.25) is 0 Å². The molecular weight excluding hydrogens is 365 g/mol. The molecule has 5 nitrogen and oxygen atoms in total. The summed E-state index contributed by atoms with van der Waals surface area (Å²) in [6.45, 7) is 8.20. The van der Waals surface area contributed by atoms with Crippen molar-refractivity contribution < 1.29 is 18.8 Å². The fourth-order valence-electron chi connectivity index (χ4n) is 3.67. The van der Waals surface area contributed by atoms with Gasteiger partial charge in [0, 0.05) is 0 Å². The largest absolute Gasteiger partial charge is 0.496 e. The van der Waals surface area contributed by atoms with E-state index in [4.69, 9.17) is 14.0 Å². The quantitative estimate of drug-likeness (QED) is 0.792. The fourth-order valence-corrected chi connectivity index (χ4v) is 3.67. The smallest absolute Gasteiger partial charge is 0.494 e. The van der Waals surface area contributed by atoms with Gasteiger partial charge in [-0.2, -0.15) is 0 Å². The summed E-state index contributed by atoms with van der Waals surface area (Å²) in [6, 6.07) is 15.5. The lowest BCUT2D eigenvalue weighted by molar-refractivity contribution is 0.00578. The van der Waals surface area contributed by atoms with Gasteiger partial charge in [0.1, 0.15) is 5.75 Å². The summed E-state index contributed by atoms with van der Waals surface area (Å²) in [7, 11) is 1.19. The number of carbonyl (C=O) groups is 1. The van der Waals surface area contributed by atoms with Crippen LogP contribution in [0.5, 0.6) is 5.75 Å². The number of para-hydroxylation sites is 1. The predicted octanol–water partition coefficient (Wildman–Crippen LogP) is 3.41. The van der Waals surface area contributed by atoms with E-state index in [1.165, 1.54) is 0 Å². The summed E-state index contributed by atoms with van der Waals surface area (Å²) in [5.74, 6) is 0.465. The summed E-state index contributed by atoms with van der Waals surface area (Å²) in [6.07, 6.45) is 1.84. The number of benzene rings is 2. The highest BCUT2D eigenvalue weighted by molar-refractivity contribution is 6.62. The monoisotopic (exact) mass is 393 g/mol. The average molecular weight is 393 g/mol. The van der Waals surface area contributed by atoms with Gasteiger partial charge >= 0.3 is 7.12 Å². The van der Waals surface area contributed by atoms with Crippen LogP contribution in [0.1, 0.15) is 56.5 Å². The Morgan fingerprint density at radius 3 is 2.10 bits per heavy atom. The lowest BCUT2D eigenvalue weighted by Gasteiger charge is -2.32. The summed E-state index contributed by atoms with van der Waals surface area (Å²) in [4.78, 5) is 12.8. The van der Waals surface area contributed by atoms with Crippen LogP contribution in [0, 0.1) is 0 Å². The Kier molecular flexibility index (Phi) is 4.75. The minimum atomic E-state index is -0.382. The van der Waals surface area contributed by atoms with E-state index in [-0.39, 0.29) is 29.8 Å². The summed E-state index contributed by atoms with van der Waals surface area (Å²) in [5.41, 5.74) is 1.59. The zero-order valence-corrected chi connectivity index (χ0v) is 17.7. The first-order chi connectivity index (χ1) is 13.7. The van der Waals surface area contributed by atoms with E-state index in [2.05, 4.69) is 17.4 Å². The Labute approximate surface area is 172 Å². The third kappa shape index (κ3) is 3.56. The van der Waals surface area contributed by atoms with Crippen molar-refractivity contribution in [3.63, 3.8) is 0 Å². The van der Waals surface area contributed by atoms with Gasteiger partial charge in [-0.15, -0.1) is 0 Å². The van der Waals surface area contributed by atoms with E-state index in [0.717, 1.165) is 23.9 Å². The number of hydrogen-bond acceptors (Lipinski definition) is 4. The first kappa shape index (κ1) is 20.0. The van der Waals surface area contributed by atoms with Crippen molar-refractivity contribution in [3.8, 4) is 5.75 Å². The number of amides is 1. The molecule has 0 aromatic heterocycles. The Morgan fingerprint density at radius 2 is 1.55 bits per heavy atom. The van der Waals surface area contributed by atoms with Crippen LogP contribution in [0.3, 0.4) is 0 Å². The molecule has 29 heavy (non-hydrogen) atoms. The standard InChI is InChI=1S/C23H28BNO4/c1-21(2)22(3,4)29-24(28-21)17-12-10-16(11-13-17)23(14-15-23)25-20(26)18-8-6-7-9-19(18)27-5/h6-13H,14-15H2,1-5H3,(H,25,26). The van der Waals surface area contributed by atoms with Gasteiger partial charge < -0.3 is 19.4 Å². The Morgan fingerprint density at radius 1 is 0.966 bits per heavy atom. The fraction of sp³-hybridized carbons (Fsp3) is 0.435. The zero-order valence-electron chi connectivity index (χ0n) is 17.7. The van der Waals surface area contributed by atoms with Crippen LogP contribution >= 0.6 is 0 Å². The van der Waals surface area contributed by atoms with Crippen LogP contribution in [0.15, 0.2) is 48.5 Å². The van der Waals surface area contributed by atoms with Crippen molar-refractivity contribution in [1.29, 1.82) is 0 Å². The molecule has 1 aliphatic carbocycles. The second-order valence-electron chi connectivity index (χ2n) is 8.95. The highest BCUT2D eigenvalue weighted by atomic mass is 16.7. The van der Waals surface area contributed by atoms with Crippen molar-refractivity contribution in [2.45, 2.75) is 57.3 Å². The van der Waals surface area contributed by atoms with Crippen LogP contribution in [-0.2, 0) is 14.8 Å². The van der Waals surface area contributed by atoms with Gasteiger partial charge in [-0.05, 0) is 63.7 Å². The second kappa shape index (κ2) is 6.89. The summed E-state index contributed by atoms with van der Waals surface area (Å²) >= 11 is 0. The maximum Gasteiger partial charge on any atom is 0.494 e. The molecule has 1 amide bonds. The number of rotatable bonds is 5. The lowest BCUT2D eigenvalue weighted by Crippen LogP contribution is -2.41. The van der Waals surface area contributed by atoms with Crippen molar-refractivity contribution in [3.05, 3.63) is 59.7 Å². The van der Waals surface area contributed by atoms with Crippen LogP contribution < -0.4 is 15.5 Å². The third-order valence-electron chi connectivity index (χ3n) is 6.44. The first-order valence-corrected chi connectivity index (χ1v) is 10.1. The normalized spacial score (nSPS) is 20.9. The van der Waals surface area contributed by atoms with E-state index in [9.17, 15) is 4.79 Å². The molecule has 4 rings (SSSR count). The molecule has 1 saturated heterocycles. The van der Waals surface area contributed by atoms with Gasteiger partial charge in [0.25, 0.3) is 5.91 Å². The van der Waals surface area contributed by atoms with Crippen molar-refractivity contribution in [1.82, 2.24) is 5.32 Å². The molecular formula is C23H28BNO4. The van der Waals surface area contributed by atoms with E-state index >= 15 is 0 Å². The van der Waals surface area contributed by atoms with Gasteiger partial charge in [0.05, 0.1) is 29.4 Å². The minimum absolute atomic E-state index is 0.116. The number of methoxy groups -OCH3 is 1. The summed E-state index contributed by atoms with van der Waals surface area (Å²) in [5, 5.41) is 3.21. The number of carbonyl (C=O) groups excluding carboxylic acids is 1. The van der Waals surface area contributed by atoms with Crippen molar-refractivity contribution in [2.24, 2.45) is 0 Å². The number of nitrogens with one attached hydrogen (secondary N) is 1. The molecule has 6 heteroatoms. The molecule has 0 bridgehead atoms. The number of ether oxygens (including phenoxy) is 1. The zero-order chi connectivity index (χ0) is 20.9. The molecule has 2 aromatic carbocycles. The molecule has 0 radical (unpaired) electrons. The lowest BCUT2D eigenvalue weighted by atomic mass is 9.78. The highest BCUT2D eigenvalue weighted by Gasteiger charge is 2.52. The third-order valence-corrected chi connectivity index (χ3v) is 6.44. The van der Waals surface area contributed by atoms with Gasteiger partial charge in [0.2, 0.25) is 0 Å². The predicted molar refractivity (Wildman–Crippen MR) is 114 cm³/mol. The summed E-state index contributed by atoms with van der Waals surface area (Å²) < 4.78 is 17.6. The molecule has 2 aromatic rings. The second-order valence-corrected chi connectivity index (χ2v) is 8.95. The van der Waals surface area contributed by atoms with Gasteiger partial charge in [-0.3, -0.25) is 4.79 Å². The SMILES string of the molecule is COc1ccccc1C(=O)NC1(c2ccc(B3OC(C)(C)C(C)(C)O3)cc2)CC1.